The lowest BCUT2D eigenvalue weighted by molar-refractivity contribution is -0.131. The molecule has 0 aliphatic heterocycles. The molecule has 1 aliphatic rings. The minimum absolute atomic E-state index is 0.418. The van der Waals surface area contributed by atoms with E-state index in [9.17, 15) is 4.79 Å². The van der Waals surface area contributed by atoms with E-state index in [-0.39, 0.29) is 0 Å². The van der Waals surface area contributed by atoms with Gasteiger partial charge in [0.15, 0.2) is 0 Å². The van der Waals surface area contributed by atoms with Gasteiger partial charge in [0.25, 0.3) is 0 Å². The summed E-state index contributed by atoms with van der Waals surface area (Å²) >= 11 is 0. The van der Waals surface area contributed by atoms with Gasteiger partial charge in [-0.3, -0.25) is 0 Å². The van der Waals surface area contributed by atoms with E-state index in [1.54, 1.807) is 14.2 Å². The van der Waals surface area contributed by atoms with E-state index in [0.29, 0.717) is 5.92 Å². The van der Waals surface area contributed by atoms with Crippen LogP contribution in [-0.4, -0.2) is 25.3 Å². The number of carboxylic acid groups (broad SMARTS) is 1. The summed E-state index contributed by atoms with van der Waals surface area (Å²) in [5, 5.41) is 8.78. The van der Waals surface area contributed by atoms with Gasteiger partial charge in [-0.05, 0) is 43.2 Å². The maximum Gasteiger partial charge on any atom is 0.328 e. The minimum atomic E-state index is -0.847. The standard InChI is InChI=1S/C16H20O4/c1-19-13-7-8-14(15(10-13)20-2)12-5-3-11(4-6-12)9-16(17)18/h7-10,12H,3-6H2,1-2H3,(H,17,18). The van der Waals surface area contributed by atoms with Crippen molar-refractivity contribution in [2.75, 3.05) is 14.2 Å². The summed E-state index contributed by atoms with van der Waals surface area (Å²) in [6, 6.07) is 5.90. The Morgan fingerprint density at radius 1 is 1.25 bits per heavy atom. The van der Waals surface area contributed by atoms with Crippen LogP contribution in [0.5, 0.6) is 11.5 Å². The number of hydrogen-bond donors (Lipinski definition) is 1. The zero-order chi connectivity index (χ0) is 14.5. The molecule has 1 aromatic carbocycles. The van der Waals surface area contributed by atoms with E-state index < -0.39 is 5.97 Å². The van der Waals surface area contributed by atoms with Gasteiger partial charge >= 0.3 is 5.97 Å². The molecular formula is C16H20O4. The second-order valence-corrected chi connectivity index (χ2v) is 5.02. The van der Waals surface area contributed by atoms with Gasteiger partial charge in [0.05, 0.1) is 14.2 Å². The topological polar surface area (TPSA) is 55.8 Å². The van der Waals surface area contributed by atoms with Crippen LogP contribution >= 0.6 is 0 Å². The predicted octanol–water partition coefficient (Wildman–Crippen LogP) is 3.37. The number of allylic oxidation sites excluding steroid dienone is 1. The molecule has 0 atom stereocenters. The third-order valence-electron chi connectivity index (χ3n) is 3.84. The maximum atomic E-state index is 10.7. The highest BCUT2D eigenvalue weighted by Crippen LogP contribution is 2.40. The van der Waals surface area contributed by atoms with E-state index in [4.69, 9.17) is 14.6 Å². The minimum Gasteiger partial charge on any atom is -0.497 e. The molecular weight excluding hydrogens is 256 g/mol. The first kappa shape index (κ1) is 14.4. The van der Waals surface area contributed by atoms with Crippen molar-refractivity contribution in [3.05, 3.63) is 35.4 Å². The van der Waals surface area contributed by atoms with Crippen LogP contribution < -0.4 is 9.47 Å². The summed E-state index contributed by atoms with van der Waals surface area (Å²) in [6.07, 6.45) is 4.95. The number of carboxylic acids is 1. The van der Waals surface area contributed by atoms with Crippen LogP contribution in [0.3, 0.4) is 0 Å². The normalized spacial score (nSPS) is 18.5. The number of methoxy groups -OCH3 is 2. The highest BCUT2D eigenvalue weighted by Gasteiger charge is 2.22. The van der Waals surface area contributed by atoms with Crippen molar-refractivity contribution in [2.45, 2.75) is 31.6 Å². The molecule has 2 rings (SSSR count). The fourth-order valence-corrected chi connectivity index (χ4v) is 2.77. The lowest BCUT2D eigenvalue weighted by Gasteiger charge is -2.25. The van der Waals surface area contributed by atoms with Crippen molar-refractivity contribution in [1.82, 2.24) is 0 Å². The van der Waals surface area contributed by atoms with Crippen LogP contribution in [0.25, 0.3) is 0 Å². The lowest BCUT2D eigenvalue weighted by Crippen LogP contribution is -2.09. The molecule has 20 heavy (non-hydrogen) atoms. The number of benzene rings is 1. The summed E-state index contributed by atoms with van der Waals surface area (Å²) in [7, 11) is 3.30. The van der Waals surface area contributed by atoms with Crippen molar-refractivity contribution in [3.8, 4) is 11.5 Å². The molecule has 1 fully saturated rings. The van der Waals surface area contributed by atoms with Gasteiger partial charge in [0.1, 0.15) is 11.5 Å². The molecule has 0 aromatic heterocycles. The average molecular weight is 276 g/mol. The third kappa shape index (κ3) is 3.32. The largest absolute Gasteiger partial charge is 0.497 e. The van der Waals surface area contributed by atoms with Crippen LogP contribution in [-0.2, 0) is 4.79 Å². The Balaban J connectivity index is 2.12. The zero-order valence-corrected chi connectivity index (χ0v) is 11.9. The molecule has 108 valence electrons. The van der Waals surface area contributed by atoms with Crippen LogP contribution in [0.1, 0.15) is 37.2 Å². The summed E-state index contributed by atoms with van der Waals surface area (Å²) in [5.41, 5.74) is 2.21. The first-order valence-corrected chi connectivity index (χ1v) is 6.78. The fourth-order valence-electron chi connectivity index (χ4n) is 2.77. The summed E-state index contributed by atoms with van der Waals surface area (Å²) in [6.45, 7) is 0. The van der Waals surface area contributed by atoms with Crippen molar-refractivity contribution in [3.63, 3.8) is 0 Å². The molecule has 1 N–H and O–H groups in total. The molecule has 1 aliphatic carbocycles. The van der Waals surface area contributed by atoms with Gasteiger partial charge in [0, 0.05) is 12.1 Å². The first-order chi connectivity index (χ1) is 9.63. The number of aliphatic carboxylic acids is 1. The summed E-state index contributed by atoms with van der Waals surface area (Å²) in [4.78, 5) is 10.7. The zero-order valence-electron chi connectivity index (χ0n) is 11.9. The summed E-state index contributed by atoms with van der Waals surface area (Å²) < 4.78 is 10.6. The number of carbonyl (C=O) groups is 1. The van der Waals surface area contributed by atoms with E-state index in [0.717, 1.165) is 42.8 Å². The van der Waals surface area contributed by atoms with Crippen molar-refractivity contribution in [2.24, 2.45) is 0 Å². The molecule has 1 saturated carbocycles. The second-order valence-electron chi connectivity index (χ2n) is 5.02. The average Bonchev–Trinajstić information content (AvgIpc) is 2.47. The van der Waals surface area contributed by atoms with Gasteiger partial charge in [-0.1, -0.05) is 11.6 Å². The van der Waals surface area contributed by atoms with Gasteiger partial charge < -0.3 is 14.6 Å². The van der Waals surface area contributed by atoms with Crippen molar-refractivity contribution >= 4 is 5.97 Å². The number of rotatable bonds is 4. The molecule has 0 heterocycles. The summed E-state index contributed by atoms with van der Waals surface area (Å²) in [5.74, 6) is 1.20. The van der Waals surface area contributed by atoms with Crippen molar-refractivity contribution < 1.29 is 19.4 Å². The van der Waals surface area contributed by atoms with Gasteiger partial charge in [-0.2, -0.15) is 0 Å². The molecule has 0 unspecified atom stereocenters. The van der Waals surface area contributed by atoms with Crippen LogP contribution in [0.15, 0.2) is 29.8 Å². The Labute approximate surface area is 119 Å². The molecule has 4 heteroatoms. The van der Waals surface area contributed by atoms with E-state index in [2.05, 4.69) is 0 Å². The molecule has 0 radical (unpaired) electrons. The van der Waals surface area contributed by atoms with Gasteiger partial charge in [-0.15, -0.1) is 0 Å². The Morgan fingerprint density at radius 2 is 1.95 bits per heavy atom. The van der Waals surface area contributed by atoms with E-state index in [1.807, 2.05) is 18.2 Å². The van der Waals surface area contributed by atoms with Crippen molar-refractivity contribution in [1.29, 1.82) is 0 Å². The fraction of sp³-hybridized carbons (Fsp3) is 0.438. The number of ether oxygens (including phenoxy) is 2. The SMILES string of the molecule is COc1ccc(C2CCC(=CC(=O)O)CC2)c(OC)c1. The molecule has 4 nitrogen and oxygen atoms in total. The highest BCUT2D eigenvalue weighted by molar-refractivity contribution is 5.80. The van der Waals surface area contributed by atoms with E-state index >= 15 is 0 Å². The Hall–Kier alpha value is -1.97. The Kier molecular flexibility index (Phi) is 4.66. The highest BCUT2D eigenvalue weighted by atomic mass is 16.5. The Bertz CT molecular complexity index is 509. The monoisotopic (exact) mass is 276 g/mol. The maximum absolute atomic E-state index is 10.7. The predicted molar refractivity (Wildman–Crippen MR) is 76.5 cm³/mol. The lowest BCUT2D eigenvalue weighted by atomic mass is 9.81. The number of hydrogen-bond acceptors (Lipinski definition) is 3. The molecule has 0 amide bonds. The van der Waals surface area contributed by atoms with Gasteiger partial charge in [0.2, 0.25) is 0 Å². The van der Waals surface area contributed by atoms with Crippen LogP contribution in [0, 0.1) is 0 Å². The second kappa shape index (κ2) is 6.46. The Morgan fingerprint density at radius 3 is 2.50 bits per heavy atom. The van der Waals surface area contributed by atoms with Gasteiger partial charge in [-0.25, -0.2) is 4.79 Å². The van der Waals surface area contributed by atoms with Crippen LogP contribution in [0.2, 0.25) is 0 Å². The third-order valence-corrected chi connectivity index (χ3v) is 3.84. The molecule has 0 spiro atoms. The molecule has 1 aromatic rings. The first-order valence-electron chi connectivity index (χ1n) is 6.78. The molecule has 0 bridgehead atoms. The smallest absolute Gasteiger partial charge is 0.328 e. The molecule has 0 saturated heterocycles. The van der Waals surface area contributed by atoms with Crippen LogP contribution in [0.4, 0.5) is 0 Å². The van der Waals surface area contributed by atoms with E-state index in [1.165, 1.54) is 11.6 Å². The quantitative estimate of drug-likeness (QED) is 0.857.